The second kappa shape index (κ2) is 4.91. The Labute approximate surface area is 110 Å². The van der Waals surface area contributed by atoms with Gasteiger partial charge < -0.3 is 0 Å². The van der Waals surface area contributed by atoms with Crippen LogP contribution in [-0.4, -0.2) is 21.1 Å². The molecule has 0 aliphatic heterocycles. The van der Waals surface area contributed by atoms with Crippen LogP contribution < -0.4 is 5.32 Å². The van der Waals surface area contributed by atoms with Gasteiger partial charge in [0.15, 0.2) is 0 Å². The third-order valence-electron chi connectivity index (χ3n) is 2.35. The number of aromatic amines is 1. The predicted molar refractivity (Wildman–Crippen MR) is 60.5 cm³/mol. The summed E-state index contributed by atoms with van der Waals surface area (Å²) >= 11 is 0. The molecule has 2 aromatic rings. The first-order valence-electron chi connectivity index (χ1n) is 5.34. The topological polar surface area (TPSA) is 70.7 Å². The van der Waals surface area contributed by atoms with E-state index >= 15 is 0 Å². The number of nitrogens with zero attached hydrogens (tertiary/aromatic N) is 2. The molecule has 0 atom stereocenters. The summed E-state index contributed by atoms with van der Waals surface area (Å²) in [5, 5.41) is 8.08. The fraction of sp³-hybridized carbons (Fsp3) is 0.182. The van der Waals surface area contributed by atoms with E-state index in [1.54, 1.807) is 6.92 Å². The van der Waals surface area contributed by atoms with Crippen molar-refractivity contribution >= 4 is 11.9 Å². The molecule has 0 saturated carbocycles. The molecule has 0 fully saturated rings. The van der Waals surface area contributed by atoms with Crippen molar-refractivity contribution in [2.24, 2.45) is 0 Å². The first-order valence-corrected chi connectivity index (χ1v) is 5.34. The highest BCUT2D eigenvalue weighted by Gasteiger charge is 2.35. The molecule has 0 unspecified atom stereocenters. The molecule has 9 heteroatoms. The lowest BCUT2D eigenvalue weighted by molar-refractivity contribution is -0.138. The Morgan fingerprint density at radius 3 is 2.60 bits per heavy atom. The summed E-state index contributed by atoms with van der Waals surface area (Å²) in [5.74, 6) is -1.93. The normalized spacial score (nSPS) is 11.4. The summed E-state index contributed by atoms with van der Waals surface area (Å²) < 4.78 is 51.2. The number of nitrogens with one attached hydrogen (secondary N) is 2. The smallest absolute Gasteiger partial charge is 0.289 e. The second-order valence-electron chi connectivity index (χ2n) is 3.89. The van der Waals surface area contributed by atoms with Crippen molar-refractivity contribution < 1.29 is 22.4 Å². The van der Waals surface area contributed by atoms with Gasteiger partial charge in [0.25, 0.3) is 5.91 Å². The number of aryl methyl sites for hydroxylation is 1. The van der Waals surface area contributed by atoms with Gasteiger partial charge in [0.05, 0.1) is 11.1 Å². The van der Waals surface area contributed by atoms with Crippen LogP contribution in [0.15, 0.2) is 18.2 Å². The summed E-state index contributed by atoms with van der Waals surface area (Å²) in [5.41, 5.74) is -2.07. The summed E-state index contributed by atoms with van der Waals surface area (Å²) in [7, 11) is 0. The SMILES string of the molecule is Cc1nc(NC(=O)c2ccc(F)cc2C(F)(F)F)n[nH]1. The van der Waals surface area contributed by atoms with Gasteiger partial charge >= 0.3 is 6.18 Å². The van der Waals surface area contributed by atoms with E-state index in [1.165, 1.54) is 0 Å². The van der Waals surface area contributed by atoms with Crippen LogP contribution in [0.4, 0.5) is 23.5 Å². The van der Waals surface area contributed by atoms with Gasteiger partial charge in [-0.25, -0.2) is 4.39 Å². The van der Waals surface area contributed by atoms with E-state index in [0.29, 0.717) is 5.82 Å². The van der Waals surface area contributed by atoms with Crippen LogP contribution in [0.1, 0.15) is 21.7 Å². The molecule has 1 amide bonds. The first kappa shape index (κ1) is 14.0. The van der Waals surface area contributed by atoms with Crippen molar-refractivity contribution in [1.29, 1.82) is 0 Å². The largest absolute Gasteiger partial charge is 0.417 e. The fourth-order valence-electron chi connectivity index (χ4n) is 1.52. The molecule has 106 valence electrons. The standard InChI is InChI=1S/C11H8F4N4O/c1-5-16-10(19-18-5)17-9(20)7-3-2-6(12)4-8(7)11(13,14)15/h2-4H,1H3,(H2,16,17,18,19,20). The zero-order chi connectivity index (χ0) is 14.9. The minimum absolute atomic E-state index is 0.162. The molecule has 5 nitrogen and oxygen atoms in total. The maximum absolute atomic E-state index is 12.9. The van der Waals surface area contributed by atoms with E-state index in [0.717, 1.165) is 12.1 Å². The van der Waals surface area contributed by atoms with Crippen molar-refractivity contribution in [2.45, 2.75) is 13.1 Å². The summed E-state index contributed by atoms with van der Waals surface area (Å²) in [6.45, 7) is 1.56. The zero-order valence-corrected chi connectivity index (χ0v) is 10.0. The maximum Gasteiger partial charge on any atom is 0.417 e. The molecule has 1 heterocycles. The van der Waals surface area contributed by atoms with Crippen molar-refractivity contribution in [2.75, 3.05) is 5.32 Å². The summed E-state index contributed by atoms with van der Waals surface area (Å²) in [6, 6.07) is 1.79. The number of anilines is 1. The highest BCUT2D eigenvalue weighted by molar-refractivity contribution is 6.04. The van der Waals surface area contributed by atoms with E-state index in [-0.39, 0.29) is 12.0 Å². The highest BCUT2D eigenvalue weighted by atomic mass is 19.4. The average molecular weight is 288 g/mol. The van der Waals surface area contributed by atoms with Crippen LogP contribution in [0.3, 0.4) is 0 Å². The third kappa shape index (κ3) is 2.92. The lowest BCUT2D eigenvalue weighted by Crippen LogP contribution is -2.19. The fourth-order valence-corrected chi connectivity index (χ4v) is 1.52. The number of carbonyl (C=O) groups excluding carboxylic acids is 1. The molecule has 0 aliphatic rings. The van der Waals surface area contributed by atoms with E-state index in [2.05, 4.69) is 20.5 Å². The van der Waals surface area contributed by atoms with Gasteiger partial charge in [-0.1, -0.05) is 0 Å². The molecule has 0 saturated heterocycles. The van der Waals surface area contributed by atoms with Crippen molar-refractivity contribution in [3.05, 3.63) is 41.0 Å². The number of hydrogen-bond acceptors (Lipinski definition) is 3. The molecule has 2 rings (SSSR count). The minimum atomic E-state index is -4.84. The number of amides is 1. The molecular formula is C11H8F4N4O. The van der Waals surface area contributed by atoms with Gasteiger partial charge in [-0.15, -0.1) is 5.10 Å². The number of rotatable bonds is 2. The lowest BCUT2D eigenvalue weighted by Gasteiger charge is -2.11. The van der Waals surface area contributed by atoms with Gasteiger partial charge in [0.2, 0.25) is 5.95 Å². The molecule has 0 aliphatic carbocycles. The molecule has 0 spiro atoms. The second-order valence-corrected chi connectivity index (χ2v) is 3.89. The van der Waals surface area contributed by atoms with Crippen LogP contribution >= 0.6 is 0 Å². The Hall–Kier alpha value is -2.45. The maximum atomic E-state index is 12.9. The van der Waals surface area contributed by atoms with Crippen LogP contribution in [0.5, 0.6) is 0 Å². The average Bonchev–Trinajstić information content (AvgIpc) is 2.73. The van der Waals surface area contributed by atoms with Crippen molar-refractivity contribution in [3.63, 3.8) is 0 Å². The van der Waals surface area contributed by atoms with Crippen LogP contribution in [-0.2, 0) is 6.18 Å². The first-order chi connectivity index (χ1) is 9.27. The van der Waals surface area contributed by atoms with Gasteiger partial charge in [-0.2, -0.15) is 18.2 Å². The molecule has 1 aromatic carbocycles. The Balaban J connectivity index is 2.34. The number of alkyl halides is 3. The number of benzene rings is 1. The molecule has 20 heavy (non-hydrogen) atoms. The highest BCUT2D eigenvalue weighted by Crippen LogP contribution is 2.32. The lowest BCUT2D eigenvalue weighted by atomic mass is 10.1. The molecule has 0 bridgehead atoms. The van der Waals surface area contributed by atoms with Crippen molar-refractivity contribution in [3.8, 4) is 0 Å². The number of hydrogen-bond donors (Lipinski definition) is 2. The van der Waals surface area contributed by atoms with Gasteiger partial charge in [-0.05, 0) is 25.1 Å². The molecule has 0 radical (unpaired) electrons. The van der Waals surface area contributed by atoms with Gasteiger partial charge in [-0.3, -0.25) is 15.2 Å². The molecular weight excluding hydrogens is 280 g/mol. The zero-order valence-electron chi connectivity index (χ0n) is 10.0. The van der Waals surface area contributed by atoms with E-state index < -0.39 is 29.0 Å². The van der Waals surface area contributed by atoms with Crippen LogP contribution in [0.25, 0.3) is 0 Å². The minimum Gasteiger partial charge on any atom is -0.289 e. The third-order valence-corrected chi connectivity index (χ3v) is 2.35. The summed E-state index contributed by atoms with van der Waals surface area (Å²) in [6.07, 6.45) is -4.84. The van der Waals surface area contributed by atoms with Crippen LogP contribution in [0.2, 0.25) is 0 Å². The van der Waals surface area contributed by atoms with Gasteiger partial charge in [0, 0.05) is 0 Å². The molecule has 1 aromatic heterocycles. The van der Waals surface area contributed by atoms with Crippen molar-refractivity contribution in [1.82, 2.24) is 15.2 Å². The van der Waals surface area contributed by atoms with E-state index in [9.17, 15) is 22.4 Å². The number of carbonyl (C=O) groups is 1. The van der Waals surface area contributed by atoms with E-state index in [1.807, 2.05) is 0 Å². The number of aromatic nitrogens is 3. The monoisotopic (exact) mass is 288 g/mol. The van der Waals surface area contributed by atoms with Gasteiger partial charge in [0.1, 0.15) is 11.6 Å². The Bertz CT molecular complexity index is 650. The number of halogens is 4. The quantitative estimate of drug-likeness (QED) is 0.834. The van der Waals surface area contributed by atoms with E-state index in [4.69, 9.17) is 0 Å². The predicted octanol–water partition coefficient (Wildman–Crippen LogP) is 2.52. The van der Waals surface area contributed by atoms with Crippen LogP contribution in [0, 0.1) is 12.7 Å². The summed E-state index contributed by atoms with van der Waals surface area (Å²) in [4.78, 5) is 15.5. The Morgan fingerprint density at radius 1 is 1.35 bits per heavy atom. The Kier molecular flexibility index (Phi) is 3.43. The Morgan fingerprint density at radius 2 is 2.05 bits per heavy atom. The number of H-pyrrole nitrogens is 1. The molecule has 2 N–H and O–H groups in total.